The summed E-state index contributed by atoms with van der Waals surface area (Å²) in [4.78, 5) is 4.69. The highest BCUT2D eigenvalue weighted by atomic mass is 16.3. The lowest BCUT2D eigenvalue weighted by Crippen LogP contribution is -2.34. The van der Waals surface area contributed by atoms with Gasteiger partial charge in [-0.2, -0.15) is 9.61 Å². The number of hydrogen-bond acceptors (Lipinski definition) is 5. The molecule has 1 aromatic carbocycles. The minimum atomic E-state index is -0.909. The van der Waals surface area contributed by atoms with Crippen molar-refractivity contribution in [2.75, 3.05) is 18.5 Å². The quantitative estimate of drug-likeness (QED) is 0.616. The van der Waals surface area contributed by atoms with Gasteiger partial charge in [0.25, 0.3) is 0 Å². The average molecular weight is 340 g/mol. The van der Waals surface area contributed by atoms with Crippen molar-refractivity contribution in [2.45, 2.75) is 32.3 Å². The van der Waals surface area contributed by atoms with E-state index in [0.717, 1.165) is 28.4 Å². The van der Waals surface area contributed by atoms with E-state index in [2.05, 4.69) is 15.4 Å². The fourth-order valence-electron chi connectivity index (χ4n) is 2.80. The van der Waals surface area contributed by atoms with E-state index in [9.17, 15) is 5.11 Å². The van der Waals surface area contributed by atoms with E-state index in [0.29, 0.717) is 19.4 Å². The van der Waals surface area contributed by atoms with Crippen LogP contribution in [-0.4, -0.2) is 43.6 Å². The Morgan fingerprint density at radius 1 is 1.20 bits per heavy atom. The molecule has 0 bridgehead atoms. The van der Waals surface area contributed by atoms with Crippen LogP contribution in [0.15, 0.2) is 42.5 Å². The van der Waals surface area contributed by atoms with Crippen LogP contribution in [0.4, 0.5) is 5.82 Å². The molecule has 0 spiro atoms. The third-order valence-electron chi connectivity index (χ3n) is 4.14. The zero-order valence-electron chi connectivity index (χ0n) is 14.6. The molecule has 1 atom stereocenters. The van der Waals surface area contributed by atoms with Gasteiger partial charge in [-0.25, -0.2) is 4.98 Å². The normalized spacial score (nSPS) is 13.8. The van der Waals surface area contributed by atoms with Crippen molar-refractivity contribution < 1.29 is 10.2 Å². The fourth-order valence-corrected chi connectivity index (χ4v) is 2.80. The van der Waals surface area contributed by atoms with Gasteiger partial charge in [0.2, 0.25) is 0 Å². The van der Waals surface area contributed by atoms with Crippen LogP contribution >= 0.6 is 0 Å². The van der Waals surface area contributed by atoms with Crippen molar-refractivity contribution in [3.8, 4) is 11.3 Å². The highest BCUT2D eigenvalue weighted by Crippen LogP contribution is 2.23. The summed E-state index contributed by atoms with van der Waals surface area (Å²) in [5.41, 5.74) is 2.61. The maximum Gasteiger partial charge on any atom is 0.158 e. The summed E-state index contributed by atoms with van der Waals surface area (Å²) in [6.07, 6.45) is 1.09. The maximum absolute atomic E-state index is 10.5. The number of nitrogens with zero attached hydrogens (tertiary/aromatic N) is 3. The summed E-state index contributed by atoms with van der Waals surface area (Å²) in [6, 6.07) is 13.8. The number of rotatable bonds is 7. The molecular formula is C19H24N4O2. The molecule has 25 heavy (non-hydrogen) atoms. The molecule has 0 aliphatic carbocycles. The monoisotopic (exact) mass is 340 g/mol. The summed E-state index contributed by atoms with van der Waals surface area (Å²) in [5.74, 6) is 0.779. The smallest absolute Gasteiger partial charge is 0.158 e. The van der Waals surface area contributed by atoms with Crippen LogP contribution in [0, 0.1) is 6.92 Å². The Kier molecular flexibility index (Phi) is 5.01. The molecular weight excluding hydrogens is 316 g/mol. The zero-order chi connectivity index (χ0) is 17.9. The highest BCUT2D eigenvalue weighted by Gasteiger charge is 2.20. The molecule has 2 heterocycles. The van der Waals surface area contributed by atoms with Crippen molar-refractivity contribution in [1.29, 1.82) is 0 Å². The van der Waals surface area contributed by atoms with Gasteiger partial charge >= 0.3 is 0 Å². The van der Waals surface area contributed by atoms with E-state index in [1.165, 1.54) is 0 Å². The number of aliphatic hydroxyl groups is 2. The number of aromatic nitrogens is 3. The first-order valence-corrected chi connectivity index (χ1v) is 8.48. The van der Waals surface area contributed by atoms with E-state index in [1.54, 1.807) is 11.4 Å². The van der Waals surface area contributed by atoms with Gasteiger partial charge in [0.05, 0.1) is 17.0 Å². The molecule has 0 aliphatic rings. The third kappa shape index (κ3) is 4.15. The van der Waals surface area contributed by atoms with Crippen LogP contribution in [-0.2, 0) is 0 Å². The summed E-state index contributed by atoms with van der Waals surface area (Å²) < 4.78 is 1.75. The molecule has 0 unspecified atom stereocenters. The lowest BCUT2D eigenvalue weighted by molar-refractivity contribution is 0.0564. The van der Waals surface area contributed by atoms with E-state index >= 15 is 0 Å². The largest absolute Gasteiger partial charge is 0.396 e. The molecule has 0 aliphatic heterocycles. The summed E-state index contributed by atoms with van der Waals surface area (Å²) in [7, 11) is 0. The number of anilines is 1. The number of fused-ring (bicyclic) bond motifs is 1. The van der Waals surface area contributed by atoms with Crippen LogP contribution in [0.1, 0.15) is 25.5 Å². The molecule has 0 saturated carbocycles. The van der Waals surface area contributed by atoms with Crippen LogP contribution in [0.3, 0.4) is 0 Å². The second-order valence-electron chi connectivity index (χ2n) is 6.63. The molecule has 0 fully saturated rings. The first kappa shape index (κ1) is 17.4. The Morgan fingerprint density at radius 2 is 1.96 bits per heavy atom. The lowest BCUT2D eigenvalue weighted by Gasteiger charge is -2.24. The van der Waals surface area contributed by atoms with Gasteiger partial charge < -0.3 is 15.5 Å². The standard InChI is InChI=1S/C19H24N4O2/c1-14-11-18-21-16(15-7-4-3-5-8-15)12-17(23(18)22-14)20-13-19(2,25)9-6-10-24/h3-5,7-8,11-12,20,24-25H,6,9-10,13H2,1-2H3/t19-/m0/s1. The Balaban J connectivity index is 1.93. The summed E-state index contributed by atoms with van der Waals surface area (Å²) in [6.45, 7) is 4.13. The van der Waals surface area contributed by atoms with Gasteiger partial charge in [0.15, 0.2) is 5.65 Å². The molecule has 3 N–H and O–H groups in total. The molecule has 3 rings (SSSR count). The second-order valence-corrected chi connectivity index (χ2v) is 6.63. The fraction of sp³-hybridized carbons (Fsp3) is 0.368. The highest BCUT2D eigenvalue weighted by molar-refractivity contribution is 5.66. The number of benzene rings is 1. The lowest BCUT2D eigenvalue weighted by atomic mass is 10.0. The Morgan fingerprint density at radius 3 is 2.68 bits per heavy atom. The van der Waals surface area contributed by atoms with Gasteiger partial charge in [0, 0.05) is 30.8 Å². The minimum absolute atomic E-state index is 0.0756. The van der Waals surface area contributed by atoms with Crippen molar-refractivity contribution in [3.05, 3.63) is 48.2 Å². The molecule has 0 radical (unpaired) electrons. The van der Waals surface area contributed by atoms with Crippen molar-refractivity contribution in [1.82, 2.24) is 14.6 Å². The van der Waals surface area contributed by atoms with E-state index in [4.69, 9.17) is 5.11 Å². The van der Waals surface area contributed by atoms with Crippen molar-refractivity contribution in [3.63, 3.8) is 0 Å². The van der Waals surface area contributed by atoms with E-state index < -0.39 is 5.60 Å². The second kappa shape index (κ2) is 7.21. The Labute approximate surface area is 147 Å². The summed E-state index contributed by atoms with van der Waals surface area (Å²) in [5, 5.41) is 27.2. The first-order chi connectivity index (χ1) is 12.0. The zero-order valence-corrected chi connectivity index (χ0v) is 14.6. The van der Waals surface area contributed by atoms with Crippen LogP contribution in [0.25, 0.3) is 16.9 Å². The number of nitrogens with one attached hydrogen (secondary N) is 1. The van der Waals surface area contributed by atoms with Crippen LogP contribution < -0.4 is 5.32 Å². The van der Waals surface area contributed by atoms with Gasteiger partial charge in [-0.3, -0.25) is 0 Å². The van der Waals surface area contributed by atoms with Gasteiger partial charge in [-0.1, -0.05) is 30.3 Å². The molecule has 6 heteroatoms. The SMILES string of the molecule is Cc1cc2nc(-c3ccccc3)cc(NC[C@@](C)(O)CCCO)n2n1. The molecule has 0 saturated heterocycles. The molecule has 132 valence electrons. The molecule has 6 nitrogen and oxygen atoms in total. The Bertz CT molecular complexity index is 843. The molecule has 3 aromatic rings. The van der Waals surface area contributed by atoms with Crippen molar-refractivity contribution in [2.24, 2.45) is 0 Å². The summed E-state index contributed by atoms with van der Waals surface area (Å²) >= 11 is 0. The average Bonchev–Trinajstić information content (AvgIpc) is 2.99. The Hall–Kier alpha value is -2.44. The number of aliphatic hydroxyl groups excluding tert-OH is 1. The third-order valence-corrected chi connectivity index (χ3v) is 4.14. The maximum atomic E-state index is 10.5. The first-order valence-electron chi connectivity index (χ1n) is 8.48. The predicted molar refractivity (Wildman–Crippen MR) is 98.6 cm³/mol. The number of hydrogen-bond donors (Lipinski definition) is 3. The molecule has 0 amide bonds. The van der Waals surface area contributed by atoms with E-state index in [1.807, 2.05) is 49.4 Å². The van der Waals surface area contributed by atoms with Gasteiger partial charge in [-0.15, -0.1) is 0 Å². The number of aryl methyl sites for hydroxylation is 1. The topological polar surface area (TPSA) is 82.7 Å². The van der Waals surface area contributed by atoms with E-state index in [-0.39, 0.29) is 6.61 Å². The predicted octanol–water partition coefficient (Wildman–Crippen LogP) is 2.64. The molecule has 2 aromatic heterocycles. The van der Waals surface area contributed by atoms with Crippen LogP contribution in [0.2, 0.25) is 0 Å². The minimum Gasteiger partial charge on any atom is -0.396 e. The van der Waals surface area contributed by atoms with Gasteiger partial charge in [0.1, 0.15) is 5.82 Å². The van der Waals surface area contributed by atoms with Crippen molar-refractivity contribution >= 4 is 11.5 Å². The van der Waals surface area contributed by atoms with Crippen LogP contribution in [0.5, 0.6) is 0 Å². The van der Waals surface area contributed by atoms with Gasteiger partial charge in [-0.05, 0) is 26.7 Å².